The largest absolute Gasteiger partial charge is 0.479 e. The van der Waals surface area contributed by atoms with Gasteiger partial charge in [0.2, 0.25) is 0 Å². The molecule has 2 aromatic rings. The molecular formula is C16H15N3O2. The van der Waals surface area contributed by atoms with E-state index in [1.54, 1.807) is 36.4 Å². The van der Waals surface area contributed by atoms with Gasteiger partial charge in [-0.15, -0.1) is 0 Å². The molecule has 2 rings (SSSR count). The van der Waals surface area contributed by atoms with E-state index in [-0.39, 0.29) is 12.5 Å². The zero-order chi connectivity index (χ0) is 15.2. The summed E-state index contributed by atoms with van der Waals surface area (Å²) in [5.41, 5.74) is 8.21. The van der Waals surface area contributed by atoms with Crippen LogP contribution in [-0.4, -0.2) is 12.5 Å². The van der Waals surface area contributed by atoms with Crippen molar-refractivity contribution in [2.24, 2.45) is 0 Å². The van der Waals surface area contributed by atoms with Gasteiger partial charge in [-0.25, -0.2) is 0 Å². The standard InChI is InChI=1S/C16H15N3O2/c1-11-5-6-15(18)14(9-11)16(20)19-12-3-2-4-13(10-12)21-8-7-17/h2-6,9-10H,8,18H2,1H3,(H,19,20). The van der Waals surface area contributed by atoms with Gasteiger partial charge >= 0.3 is 0 Å². The van der Waals surface area contributed by atoms with Crippen molar-refractivity contribution in [2.75, 3.05) is 17.7 Å². The van der Waals surface area contributed by atoms with Gasteiger partial charge in [0.25, 0.3) is 5.91 Å². The maximum Gasteiger partial charge on any atom is 0.257 e. The van der Waals surface area contributed by atoms with Crippen LogP contribution in [0, 0.1) is 18.3 Å². The van der Waals surface area contributed by atoms with Gasteiger partial charge in [-0.05, 0) is 31.2 Å². The average Bonchev–Trinajstić information content (AvgIpc) is 2.48. The number of hydrogen-bond acceptors (Lipinski definition) is 4. The van der Waals surface area contributed by atoms with E-state index in [2.05, 4.69) is 5.32 Å². The fraction of sp³-hybridized carbons (Fsp3) is 0.125. The van der Waals surface area contributed by atoms with E-state index < -0.39 is 0 Å². The van der Waals surface area contributed by atoms with E-state index in [1.165, 1.54) is 0 Å². The first-order valence-electron chi connectivity index (χ1n) is 6.37. The lowest BCUT2D eigenvalue weighted by Gasteiger charge is -2.09. The van der Waals surface area contributed by atoms with E-state index in [0.29, 0.717) is 22.7 Å². The highest BCUT2D eigenvalue weighted by atomic mass is 16.5. The minimum Gasteiger partial charge on any atom is -0.479 e. The number of anilines is 2. The van der Waals surface area contributed by atoms with E-state index in [9.17, 15) is 4.79 Å². The maximum atomic E-state index is 12.2. The number of nitrogens with one attached hydrogen (secondary N) is 1. The fourth-order valence-corrected chi connectivity index (χ4v) is 1.84. The molecule has 3 N–H and O–H groups in total. The minimum atomic E-state index is -0.284. The molecule has 5 heteroatoms. The highest BCUT2D eigenvalue weighted by molar-refractivity contribution is 6.07. The molecule has 0 aromatic heterocycles. The van der Waals surface area contributed by atoms with Crippen LogP contribution in [0.3, 0.4) is 0 Å². The second-order valence-electron chi connectivity index (χ2n) is 4.52. The number of nitrogens with two attached hydrogens (primary N) is 1. The molecule has 0 bridgehead atoms. The summed E-state index contributed by atoms with van der Waals surface area (Å²) >= 11 is 0. The van der Waals surface area contributed by atoms with Gasteiger partial charge in [-0.2, -0.15) is 5.26 Å². The second-order valence-corrected chi connectivity index (χ2v) is 4.52. The Morgan fingerprint density at radius 3 is 2.90 bits per heavy atom. The minimum absolute atomic E-state index is 0.0395. The summed E-state index contributed by atoms with van der Waals surface area (Å²) in [6.07, 6.45) is 0. The molecule has 2 aromatic carbocycles. The Hall–Kier alpha value is -3.00. The Kier molecular flexibility index (Phi) is 4.42. The van der Waals surface area contributed by atoms with Crippen LogP contribution in [0.2, 0.25) is 0 Å². The molecule has 0 unspecified atom stereocenters. The number of amides is 1. The van der Waals surface area contributed by atoms with Crippen LogP contribution in [0.4, 0.5) is 11.4 Å². The number of nitriles is 1. The lowest BCUT2D eigenvalue weighted by molar-refractivity contribution is 0.102. The topological polar surface area (TPSA) is 88.1 Å². The number of aryl methyl sites for hydroxylation is 1. The summed E-state index contributed by atoms with van der Waals surface area (Å²) < 4.78 is 5.19. The van der Waals surface area contributed by atoms with E-state index in [0.717, 1.165) is 5.56 Å². The number of nitrogen functional groups attached to an aromatic ring is 1. The molecule has 0 heterocycles. The highest BCUT2D eigenvalue weighted by Crippen LogP contribution is 2.20. The summed E-state index contributed by atoms with van der Waals surface area (Å²) in [5.74, 6) is 0.236. The number of carbonyl (C=O) groups excluding carboxylic acids is 1. The zero-order valence-corrected chi connectivity index (χ0v) is 11.6. The molecule has 0 aliphatic rings. The molecule has 0 saturated carbocycles. The van der Waals surface area contributed by atoms with Crippen molar-refractivity contribution in [3.63, 3.8) is 0 Å². The van der Waals surface area contributed by atoms with Crippen LogP contribution >= 0.6 is 0 Å². The molecule has 0 atom stereocenters. The van der Waals surface area contributed by atoms with Crippen LogP contribution in [0.15, 0.2) is 42.5 Å². The molecule has 0 spiro atoms. The van der Waals surface area contributed by atoms with Gasteiger partial charge < -0.3 is 15.8 Å². The van der Waals surface area contributed by atoms with Crippen LogP contribution in [0.5, 0.6) is 5.75 Å². The summed E-state index contributed by atoms with van der Waals surface area (Å²) in [4.78, 5) is 12.2. The fourth-order valence-electron chi connectivity index (χ4n) is 1.84. The van der Waals surface area contributed by atoms with Crippen molar-refractivity contribution in [2.45, 2.75) is 6.92 Å². The average molecular weight is 281 g/mol. The van der Waals surface area contributed by atoms with E-state index >= 15 is 0 Å². The number of carbonyl (C=O) groups is 1. The Balaban J connectivity index is 2.16. The number of benzene rings is 2. The molecule has 0 aliphatic heterocycles. The summed E-state index contributed by atoms with van der Waals surface area (Å²) in [5, 5.41) is 11.3. The molecule has 21 heavy (non-hydrogen) atoms. The third-order valence-corrected chi connectivity index (χ3v) is 2.85. The summed E-state index contributed by atoms with van der Waals surface area (Å²) in [7, 11) is 0. The van der Waals surface area contributed by atoms with Crippen molar-refractivity contribution >= 4 is 17.3 Å². The van der Waals surface area contributed by atoms with Gasteiger partial charge in [0.05, 0.1) is 5.56 Å². The van der Waals surface area contributed by atoms with Crippen LogP contribution in [0.25, 0.3) is 0 Å². The number of nitrogens with zero attached hydrogens (tertiary/aromatic N) is 1. The summed E-state index contributed by atoms with van der Waals surface area (Å²) in [6, 6.07) is 14.0. The molecule has 0 saturated heterocycles. The number of hydrogen-bond donors (Lipinski definition) is 2. The van der Waals surface area contributed by atoms with Gasteiger partial charge in [0.1, 0.15) is 11.8 Å². The lowest BCUT2D eigenvalue weighted by Crippen LogP contribution is -2.14. The molecule has 106 valence electrons. The van der Waals surface area contributed by atoms with Gasteiger partial charge in [0, 0.05) is 17.4 Å². The predicted octanol–water partition coefficient (Wildman–Crippen LogP) is 2.73. The third-order valence-electron chi connectivity index (χ3n) is 2.85. The number of rotatable bonds is 4. The van der Waals surface area contributed by atoms with Crippen LogP contribution in [0.1, 0.15) is 15.9 Å². The predicted molar refractivity (Wildman–Crippen MR) is 81.1 cm³/mol. The Morgan fingerprint density at radius 1 is 1.33 bits per heavy atom. The molecule has 1 amide bonds. The zero-order valence-electron chi connectivity index (χ0n) is 11.6. The van der Waals surface area contributed by atoms with Crippen molar-refractivity contribution in [1.82, 2.24) is 0 Å². The molecule has 0 aliphatic carbocycles. The Morgan fingerprint density at radius 2 is 2.14 bits per heavy atom. The highest BCUT2D eigenvalue weighted by Gasteiger charge is 2.10. The lowest BCUT2D eigenvalue weighted by atomic mass is 10.1. The second kappa shape index (κ2) is 6.44. The van der Waals surface area contributed by atoms with Crippen LogP contribution < -0.4 is 15.8 Å². The van der Waals surface area contributed by atoms with Crippen molar-refractivity contribution in [3.05, 3.63) is 53.6 Å². The van der Waals surface area contributed by atoms with Crippen LogP contribution in [-0.2, 0) is 0 Å². The normalized spacial score (nSPS) is 9.71. The Labute approximate surface area is 123 Å². The molecule has 5 nitrogen and oxygen atoms in total. The molecule has 0 fully saturated rings. The van der Waals surface area contributed by atoms with Crippen molar-refractivity contribution in [1.29, 1.82) is 5.26 Å². The monoisotopic (exact) mass is 281 g/mol. The first-order chi connectivity index (χ1) is 10.1. The molecule has 0 radical (unpaired) electrons. The quantitative estimate of drug-likeness (QED) is 0.843. The van der Waals surface area contributed by atoms with Gasteiger partial charge in [-0.3, -0.25) is 4.79 Å². The molecular weight excluding hydrogens is 266 g/mol. The maximum absolute atomic E-state index is 12.2. The van der Waals surface area contributed by atoms with Crippen molar-refractivity contribution in [3.8, 4) is 11.8 Å². The smallest absolute Gasteiger partial charge is 0.257 e. The van der Waals surface area contributed by atoms with E-state index in [4.69, 9.17) is 15.7 Å². The van der Waals surface area contributed by atoms with Crippen molar-refractivity contribution < 1.29 is 9.53 Å². The van der Waals surface area contributed by atoms with E-state index in [1.807, 2.05) is 19.1 Å². The SMILES string of the molecule is Cc1ccc(N)c(C(=O)Nc2cccc(OCC#N)c2)c1. The number of ether oxygens (including phenoxy) is 1. The van der Waals surface area contributed by atoms with Gasteiger partial charge in [-0.1, -0.05) is 17.7 Å². The Bertz CT molecular complexity index is 705. The van der Waals surface area contributed by atoms with Gasteiger partial charge in [0.15, 0.2) is 6.61 Å². The first kappa shape index (κ1) is 14.4. The first-order valence-corrected chi connectivity index (χ1v) is 6.37. The third kappa shape index (κ3) is 3.74. The summed E-state index contributed by atoms with van der Waals surface area (Å²) in [6.45, 7) is 1.86.